The van der Waals surface area contributed by atoms with Gasteiger partial charge in [-0.15, -0.1) is 0 Å². The molecular weight excluding hydrogens is 316 g/mol. The van der Waals surface area contributed by atoms with Crippen molar-refractivity contribution in [3.63, 3.8) is 0 Å². The van der Waals surface area contributed by atoms with E-state index in [1.807, 2.05) is 35.4 Å². The van der Waals surface area contributed by atoms with Crippen LogP contribution in [0.2, 0.25) is 0 Å². The highest BCUT2D eigenvalue weighted by Gasteiger charge is 2.39. The third-order valence-corrected chi connectivity index (χ3v) is 4.95. The molecule has 2 aromatic heterocycles. The number of hydrogen-bond donors (Lipinski definition) is 0. The minimum atomic E-state index is 0.0473. The van der Waals surface area contributed by atoms with Crippen LogP contribution in [0.5, 0.6) is 0 Å². The smallest absolute Gasteiger partial charge is 0.255 e. The summed E-state index contributed by atoms with van der Waals surface area (Å²) in [6, 6.07) is 9.70. The number of fused-ring (bicyclic) bond motifs is 1. The Morgan fingerprint density at radius 1 is 1.20 bits per heavy atom. The van der Waals surface area contributed by atoms with Crippen LogP contribution in [0.1, 0.15) is 22.5 Å². The standard InChI is InChI=1S/C19H22N4O2/c24-19(15-4-3-7-20-12-15)23-10-11-25-18-6-9-22(14-17(18)23)13-16-5-1-2-8-21-16/h1-5,7-8,12,17-18H,6,9-11,13-14H2/t17-,18-/m1/s1. The van der Waals surface area contributed by atoms with Gasteiger partial charge in [0.1, 0.15) is 0 Å². The molecule has 2 aromatic rings. The van der Waals surface area contributed by atoms with Gasteiger partial charge in [-0.2, -0.15) is 0 Å². The van der Waals surface area contributed by atoms with E-state index in [4.69, 9.17) is 4.74 Å². The Kier molecular flexibility index (Phi) is 4.72. The fourth-order valence-corrected chi connectivity index (χ4v) is 3.71. The molecule has 0 saturated carbocycles. The predicted octanol–water partition coefficient (Wildman–Crippen LogP) is 1.59. The molecule has 2 aliphatic rings. The van der Waals surface area contributed by atoms with Crippen LogP contribution in [0.25, 0.3) is 0 Å². The fraction of sp³-hybridized carbons (Fsp3) is 0.421. The maximum absolute atomic E-state index is 12.9. The van der Waals surface area contributed by atoms with Gasteiger partial charge >= 0.3 is 0 Å². The summed E-state index contributed by atoms with van der Waals surface area (Å²) in [4.78, 5) is 25.7. The van der Waals surface area contributed by atoms with E-state index in [1.165, 1.54) is 0 Å². The SMILES string of the molecule is O=C(c1cccnc1)N1CCO[C@@H]2CCN(Cc3ccccn3)C[C@H]21. The van der Waals surface area contributed by atoms with Crippen molar-refractivity contribution in [3.8, 4) is 0 Å². The zero-order chi connectivity index (χ0) is 17.1. The summed E-state index contributed by atoms with van der Waals surface area (Å²) < 4.78 is 5.94. The largest absolute Gasteiger partial charge is 0.374 e. The molecule has 0 aliphatic carbocycles. The Hall–Kier alpha value is -2.31. The maximum atomic E-state index is 12.9. The Morgan fingerprint density at radius 3 is 2.96 bits per heavy atom. The highest BCUT2D eigenvalue weighted by atomic mass is 16.5. The molecule has 0 N–H and O–H groups in total. The molecule has 4 rings (SSSR count). The van der Waals surface area contributed by atoms with Crippen molar-refractivity contribution in [2.75, 3.05) is 26.2 Å². The van der Waals surface area contributed by atoms with Crippen LogP contribution >= 0.6 is 0 Å². The Labute approximate surface area is 147 Å². The zero-order valence-electron chi connectivity index (χ0n) is 14.1. The molecule has 0 bridgehead atoms. The summed E-state index contributed by atoms with van der Waals surface area (Å²) in [5.41, 5.74) is 1.70. The minimum absolute atomic E-state index is 0.0473. The van der Waals surface area contributed by atoms with E-state index in [2.05, 4.69) is 14.9 Å². The van der Waals surface area contributed by atoms with Crippen molar-refractivity contribution in [1.82, 2.24) is 19.8 Å². The second-order valence-electron chi connectivity index (χ2n) is 6.56. The normalized spacial score (nSPS) is 23.9. The Bertz CT molecular complexity index is 710. The quantitative estimate of drug-likeness (QED) is 0.851. The van der Waals surface area contributed by atoms with Crippen LogP contribution in [0, 0.1) is 0 Å². The number of aromatic nitrogens is 2. The van der Waals surface area contributed by atoms with E-state index in [1.54, 1.807) is 18.5 Å². The predicted molar refractivity (Wildman–Crippen MR) is 92.9 cm³/mol. The van der Waals surface area contributed by atoms with Gasteiger partial charge in [0.15, 0.2) is 0 Å². The second-order valence-corrected chi connectivity index (χ2v) is 6.56. The Balaban J connectivity index is 1.49. The van der Waals surface area contributed by atoms with Gasteiger partial charge in [0.2, 0.25) is 0 Å². The first-order valence-electron chi connectivity index (χ1n) is 8.76. The number of rotatable bonds is 3. The van der Waals surface area contributed by atoms with Gasteiger partial charge in [-0.3, -0.25) is 19.7 Å². The number of piperidine rings is 1. The fourth-order valence-electron chi connectivity index (χ4n) is 3.71. The van der Waals surface area contributed by atoms with Crippen LogP contribution < -0.4 is 0 Å². The van der Waals surface area contributed by atoms with E-state index in [0.717, 1.165) is 31.7 Å². The van der Waals surface area contributed by atoms with E-state index >= 15 is 0 Å². The Morgan fingerprint density at radius 2 is 2.16 bits per heavy atom. The first-order chi connectivity index (χ1) is 12.3. The van der Waals surface area contributed by atoms with Crippen LogP contribution in [-0.4, -0.2) is 64.1 Å². The van der Waals surface area contributed by atoms with Crippen molar-refractivity contribution in [1.29, 1.82) is 0 Å². The van der Waals surface area contributed by atoms with Gasteiger partial charge in [-0.05, 0) is 30.7 Å². The zero-order valence-corrected chi connectivity index (χ0v) is 14.1. The summed E-state index contributed by atoms with van der Waals surface area (Å²) in [6.45, 7) is 3.82. The summed E-state index contributed by atoms with van der Waals surface area (Å²) >= 11 is 0. The number of likely N-dealkylation sites (tertiary alicyclic amines) is 1. The summed E-state index contributed by atoms with van der Waals surface area (Å²) in [6.07, 6.45) is 6.21. The van der Waals surface area contributed by atoms with E-state index in [0.29, 0.717) is 18.7 Å². The third-order valence-electron chi connectivity index (χ3n) is 4.95. The lowest BCUT2D eigenvalue weighted by Crippen LogP contribution is -2.61. The van der Waals surface area contributed by atoms with E-state index in [-0.39, 0.29) is 18.1 Å². The topological polar surface area (TPSA) is 58.6 Å². The van der Waals surface area contributed by atoms with Crippen LogP contribution in [0.4, 0.5) is 0 Å². The molecule has 0 radical (unpaired) electrons. The molecule has 2 saturated heterocycles. The lowest BCUT2D eigenvalue weighted by Gasteiger charge is -2.47. The number of nitrogens with zero attached hydrogens (tertiary/aromatic N) is 4. The van der Waals surface area contributed by atoms with Crippen LogP contribution in [0.3, 0.4) is 0 Å². The molecule has 0 spiro atoms. The average Bonchev–Trinajstić information content (AvgIpc) is 2.68. The van der Waals surface area contributed by atoms with Crippen LogP contribution in [0.15, 0.2) is 48.9 Å². The third kappa shape index (κ3) is 3.55. The minimum Gasteiger partial charge on any atom is -0.374 e. The van der Waals surface area contributed by atoms with Crippen molar-refractivity contribution in [2.24, 2.45) is 0 Å². The summed E-state index contributed by atoms with van der Waals surface area (Å²) in [7, 11) is 0. The number of pyridine rings is 2. The number of carbonyl (C=O) groups is 1. The lowest BCUT2D eigenvalue weighted by atomic mass is 9.97. The van der Waals surface area contributed by atoms with Gasteiger partial charge in [0.05, 0.1) is 30.0 Å². The van der Waals surface area contributed by atoms with Gasteiger partial charge in [-0.25, -0.2) is 0 Å². The van der Waals surface area contributed by atoms with Crippen molar-refractivity contribution >= 4 is 5.91 Å². The van der Waals surface area contributed by atoms with Crippen molar-refractivity contribution < 1.29 is 9.53 Å². The van der Waals surface area contributed by atoms with Gasteiger partial charge in [0, 0.05) is 44.8 Å². The molecule has 2 atom stereocenters. The maximum Gasteiger partial charge on any atom is 0.255 e. The van der Waals surface area contributed by atoms with Gasteiger partial charge in [-0.1, -0.05) is 6.07 Å². The van der Waals surface area contributed by atoms with Crippen molar-refractivity contribution in [2.45, 2.75) is 25.1 Å². The molecule has 25 heavy (non-hydrogen) atoms. The van der Waals surface area contributed by atoms with Gasteiger partial charge in [0.25, 0.3) is 5.91 Å². The van der Waals surface area contributed by atoms with Gasteiger partial charge < -0.3 is 9.64 Å². The molecule has 130 valence electrons. The van der Waals surface area contributed by atoms with E-state index in [9.17, 15) is 4.79 Å². The molecule has 6 nitrogen and oxygen atoms in total. The van der Waals surface area contributed by atoms with Crippen LogP contribution in [-0.2, 0) is 11.3 Å². The molecule has 2 aliphatic heterocycles. The molecular formula is C19H22N4O2. The number of carbonyl (C=O) groups excluding carboxylic acids is 1. The summed E-state index contributed by atoms with van der Waals surface area (Å²) in [5.74, 6) is 0.0473. The van der Waals surface area contributed by atoms with Crippen molar-refractivity contribution in [3.05, 3.63) is 60.2 Å². The first kappa shape index (κ1) is 16.2. The summed E-state index contributed by atoms with van der Waals surface area (Å²) in [5, 5.41) is 0. The highest BCUT2D eigenvalue weighted by molar-refractivity contribution is 5.94. The lowest BCUT2D eigenvalue weighted by molar-refractivity contribution is -0.0915. The highest BCUT2D eigenvalue weighted by Crippen LogP contribution is 2.25. The molecule has 6 heteroatoms. The number of hydrogen-bond acceptors (Lipinski definition) is 5. The second kappa shape index (κ2) is 7.29. The number of amides is 1. The average molecular weight is 338 g/mol. The van der Waals surface area contributed by atoms with E-state index < -0.39 is 0 Å². The first-order valence-corrected chi connectivity index (χ1v) is 8.76. The molecule has 1 amide bonds. The molecule has 0 unspecified atom stereocenters. The monoisotopic (exact) mass is 338 g/mol. The number of ether oxygens (including phenoxy) is 1. The molecule has 4 heterocycles. The molecule has 0 aromatic carbocycles. The number of morpholine rings is 1. The molecule has 2 fully saturated rings.